The van der Waals surface area contributed by atoms with Crippen molar-refractivity contribution in [3.05, 3.63) is 36.5 Å². The first kappa shape index (κ1) is 42.1. The van der Waals surface area contributed by atoms with Crippen molar-refractivity contribution >= 4 is 23.8 Å². The molecule has 258 valence electrons. The normalized spacial score (nSPS) is 13.0. The van der Waals surface area contributed by atoms with Crippen LogP contribution < -0.4 is 10.6 Å². The van der Waals surface area contributed by atoms with Gasteiger partial charge >= 0.3 is 11.9 Å². The molecule has 0 aromatic carbocycles. The summed E-state index contributed by atoms with van der Waals surface area (Å²) in [6.45, 7) is 3.33. The maximum Gasteiger partial charge on any atom is 0.328 e. The Labute approximate surface area is 272 Å². The van der Waals surface area contributed by atoms with Crippen LogP contribution in [0, 0.1) is 0 Å². The minimum absolute atomic E-state index is 0.142. The van der Waals surface area contributed by atoms with Gasteiger partial charge in [0.2, 0.25) is 11.8 Å². The van der Waals surface area contributed by atoms with Crippen LogP contribution in [0.3, 0.4) is 0 Å². The van der Waals surface area contributed by atoms with Crippen LogP contribution in [-0.4, -0.2) is 59.3 Å². The number of aliphatic hydroxyl groups is 1. The van der Waals surface area contributed by atoms with Gasteiger partial charge < -0.3 is 25.6 Å². The summed E-state index contributed by atoms with van der Waals surface area (Å²) in [4.78, 5) is 47.2. The molecule has 0 heterocycles. The van der Waals surface area contributed by atoms with Crippen molar-refractivity contribution in [2.45, 2.75) is 154 Å². The molecule has 45 heavy (non-hydrogen) atoms. The van der Waals surface area contributed by atoms with Crippen molar-refractivity contribution in [3.63, 3.8) is 0 Å². The molecule has 0 saturated carbocycles. The topological polar surface area (TPSA) is 142 Å². The number of allylic oxidation sites excluding steroid dienone is 5. The summed E-state index contributed by atoms with van der Waals surface area (Å²) >= 11 is 0. The number of carboxylic acids is 1. The number of carbonyl (C=O) groups excluding carboxylic acids is 3. The number of esters is 1. The number of aliphatic carboxylic acids is 1. The van der Waals surface area contributed by atoms with Gasteiger partial charge in [0, 0.05) is 12.8 Å². The standard InChI is InChI=1S/C36H62N2O7/c1-3-5-7-9-11-12-13-14-16-18-24-28-35(42)45-31(25-21-17-15-10-8-6-4-2)26-22-19-20-23-27-33(40)37-29-34(41)38-32(30-39)36(43)44/h9-11,15,21,25,31-32,39H,3-8,12-14,16-20,22-24,26-30H2,1-2H3,(H,37,40)(H,38,41)(H,43,44)/b11-9-,15-10-,25-21-. The summed E-state index contributed by atoms with van der Waals surface area (Å²) in [5.74, 6) is -2.44. The number of carboxylic acid groups (broad SMARTS) is 1. The first-order valence-electron chi connectivity index (χ1n) is 17.4. The van der Waals surface area contributed by atoms with Gasteiger partial charge in [-0.2, -0.15) is 0 Å². The summed E-state index contributed by atoms with van der Waals surface area (Å²) in [6, 6.07) is -1.39. The van der Waals surface area contributed by atoms with E-state index in [1.54, 1.807) is 0 Å². The molecule has 4 N–H and O–H groups in total. The lowest BCUT2D eigenvalue weighted by atomic mass is 10.1. The zero-order chi connectivity index (χ0) is 33.4. The zero-order valence-electron chi connectivity index (χ0n) is 28.1. The number of aliphatic hydroxyl groups excluding tert-OH is 1. The SMILES string of the molecule is CCCC/C=C\C/C=C\C(CCCCCCC(=O)NCC(=O)NC(CO)C(=O)O)OC(=O)CCCCCCC/C=C\CCCC. The van der Waals surface area contributed by atoms with E-state index in [1.807, 2.05) is 6.08 Å². The van der Waals surface area contributed by atoms with E-state index < -0.39 is 24.5 Å². The molecule has 0 bridgehead atoms. The quantitative estimate of drug-likeness (QED) is 0.0375. The molecule has 0 aromatic heterocycles. The number of rotatable bonds is 30. The third-order valence-electron chi connectivity index (χ3n) is 7.34. The van der Waals surface area contributed by atoms with Gasteiger partial charge in [-0.1, -0.05) is 102 Å². The van der Waals surface area contributed by atoms with E-state index in [0.29, 0.717) is 12.8 Å². The van der Waals surface area contributed by atoms with E-state index in [4.69, 9.17) is 14.9 Å². The van der Waals surface area contributed by atoms with Crippen molar-refractivity contribution in [2.24, 2.45) is 0 Å². The number of ether oxygens (including phenoxy) is 1. The monoisotopic (exact) mass is 634 g/mol. The maximum atomic E-state index is 12.6. The highest BCUT2D eigenvalue weighted by Gasteiger charge is 2.18. The third-order valence-corrected chi connectivity index (χ3v) is 7.34. The molecule has 0 aliphatic carbocycles. The molecule has 0 rings (SSSR count). The molecule has 0 saturated heterocycles. The molecule has 0 radical (unpaired) electrons. The second kappa shape index (κ2) is 31.1. The summed E-state index contributed by atoms with van der Waals surface area (Å²) in [6.07, 6.45) is 31.9. The summed E-state index contributed by atoms with van der Waals surface area (Å²) in [7, 11) is 0. The Bertz CT molecular complexity index is 869. The molecule has 0 aliphatic rings. The molecule has 2 unspecified atom stereocenters. The second-order valence-electron chi connectivity index (χ2n) is 11.6. The Balaban J connectivity index is 4.35. The van der Waals surface area contributed by atoms with Crippen molar-refractivity contribution in [3.8, 4) is 0 Å². The largest absolute Gasteiger partial charge is 0.480 e. The molecule has 9 heteroatoms. The Kier molecular flexibility index (Phi) is 29.0. The molecular weight excluding hydrogens is 572 g/mol. The average molecular weight is 635 g/mol. The van der Waals surface area contributed by atoms with Gasteiger partial charge in [-0.25, -0.2) is 4.79 Å². The van der Waals surface area contributed by atoms with E-state index in [9.17, 15) is 19.2 Å². The van der Waals surface area contributed by atoms with Crippen LogP contribution in [0.5, 0.6) is 0 Å². The van der Waals surface area contributed by atoms with Gasteiger partial charge in [-0.3, -0.25) is 14.4 Å². The maximum absolute atomic E-state index is 12.6. The van der Waals surface area contributed by atoms with Gasteiger partial charge in [0.1, 0.15) is 12.1 Å². The highest BCUT2D eigenvalue weighted by Crippen LogP contribution is 2.14. The fraction of sp³-hybridized carbons (Fsp3) is 0.722. The molecule has 0 aliphatic heterocycles. The van der Waals surface area contributed by atoms with Gasteiger partial charge in [-0.05, 0) is 63.9 Å². The van der Waals surface area contributed by atoms with E-state index in [0.717, 1.165) is 64.2 Å². The Morgan fingerprint density at radius 1 is 0.689 bits per heavy atom. The molecule has 2 amide bonds. The van der Waals surface area contributed by atoms with Crippen LogP contribution in [0.15, 0.2) is 36.5 Å². The molecule has 0 fully saturated rings. The van der Waals surface area contributed by atoms with Crippen LogP contribution in [0.1, 0.15) is 142 Å². The van der Waals surface area contributed by atoms with Gasteiger partial charge in [0.05, 0.1) is 13.2 Å². The molecular formula is C36H62N2O7. The summed E-state index contributed by atoms with van der Waals surface area (Å²) in [5, 5.41) is 22.4. The van der Waals surface area contributed by atoms with Gasteiger partial charge in [-0.15, -0.1) is 0 Å². The van der Waals surface area contributed by atoms with E-state index >= 15 is 0 Å². The molecule has 9 nitrogen and oxygen atoms in total. The lowest BCUT2D eigenvalue weighted by Gasteiger charge is -2.15. The van der Waals surface area contributed by atoms with Crippen molar-refractivity contribution in [1.82, 2.24) is 10.6 Å². The number of carbonyl (C=O) groups is 4. The lowest BCUT2D eigenvalue weighted by Crippen LogP contribution is -2.47. The average Bonchev–Trinajstić information content (AvgIpc) is 3.02. The molecule has 2 atom stereocenters. The predicted molar refractivity (Wildman–Crippen MR) is 181 cm³/mol. The zero-order valence-corrected chi connectivity index (χ0v) is 28.1. The Morgan fingerprint density at radius 3 is 1.91 bits per heavy atom. The molecule has 0 spiro atoms. The van der Waals surface area contributed by atoms with Gasteiger partial charge in [0.25, 0.3) is 0 Å². The number of hydrogen-bond acceptors (Lipinski definition) is 6. The Hall–Kier alpha value is -2.94. The number of hydrogen-bond donors (Lipinski definition) is 4. The summed E-state index contributed by atoms with van der Waals surface area (Å²) < 4.78 is 5.82. The van der Waals surface area contributed by atoms with E-state index in [2.05, 4.69) is 54.9 Å². The highest BCUT2D eigenvalue weighted by molar-refractivity contribution is 5.87. The highest BCUT2D eigenvalue weighted by atomic mass is 16.5. The van der Waals surface area contributed by atoms with E-state index in [-0.39, 0.29) is 30.9 Å². The minimum Gasteiger partial charge on any atom is -0.480 e. The van der Waals surface area contributed by atoms with Crippen LogP contribution in [0.2, 0.25) is 0 Å². The first-order valence-corrected chi connectivity index (χ1v) is 17.4. The van der Waals surface area contributed by atoms with Crippen molar-refractivity contribution in [2.75, 3.05) is 13.2 Å². The van der Waals surface area contributed by atoms with Crippen LogP contribution in [-0.2, 0) is 23.9 Å². The predicted octanol–water partition coefficient (Wildman–Crippen LogP) is 7.09. The fourth-order valence-electron chi connectivity index (χ4n) is 4.57. The van der Waals surface area contributed by atoms with E-state index in [1.165, 1.54) is 44.9 Å². The van der Waals surface area contributed by atoms with Gasteiger partial charge in [0.15, 0.2) is 0 Å². The number of unbranched alkanes of at least 4 members (excludes halogenated alkanes) is 12. The second-order valence-corrected chi connectivity index (χ2v) is 11.6. The van der Waals surface area contributed by atoms with Crippen molar-refractivity contribution < 1.29 is 34.1 Å². The first-order chi connectivity index (χ1) is 21.8. The van der Waals surface area contributed by atoms with Crippen LogP contribution >= 0.6 is 0 Å². The summed E-state index contributed by atoms with van der Waals surface area (Å²) in [5.41, 5.74) is 0. The van der Waals surface area contributed by atoms with Crippen molar-refractivity contribution in [1.29, 1.82) is 0 Å². The third kappa shape index (κ3) is 28.3. The fourth-order valence-corrected chi connectivity index (χ4v) is 4.57. The number of nitrogens with one attached hydrogen (secondary N) is 2. The lowest BCUT2D eigenvalue weighted by molar-refractivity contribution is -0.147. The minimum atomic E-state index is -1.39. The molecule has 0 aromatic rings. The van der Waals surface area contributed by atoms with Crippen LogP contribution in [0.25, 0.3) is 0 Å². The van der Waals surface area contributed by atoms with Crippen LogP contribution in [0.4, 0.5) is 0 Å². The number of amides is 2. The smallest absolute Gasteiger partial charge is 0.328 e. The Morgan fingerprint density at radius 2 is 1.27 bits per heavy atom.